The number of carbonyl (C=O) groups is 2. The van der Waals surface area contributed by atoms with Crippen molar-refractivity contribution in [2.75, 3.05) is 13.1 Å². The summed E-state index contributed by atoms with van der Waals surface area (Å²) in [6, 6.07) is 6.52. The first-order valence-corrected chi connectivity index (χ1v) is 8.94. The van der Waals surface area contributed by atoms with Gasteiger partial charge in [-0.05, 0) is 43.4 Å². The molecule has 0 unspecified atom stereocenters. The van der Waals surface area contributed by atoms with Crippen molar-refractivity contribution in [2.45, 2.75) is 51.0 Å². The Hall–Kier alpha value is -1.91. The van der Waals surface area contributed by atoms with Gasteiger partial charge in [-0.15, -0.1) is 0 Å². The number of rotatable bonds is 4. The number of halogens is 1. The average molecular weight is 332 g/mol. The number of likely N-dealkylation sites (tertiary alicyclic amines) is 1. The van der Waals surface area contributed by atoms with Gasteiger partial charge in [0, 0.05) is 25.0 Å². The molecular formula is C19H25FN2O2. The van der Waals surface area contributed by atoms with Crippen LogP contribution in [0.2, 0.25) is 0 Å². The van der Waals surface area contributed by atoms with Crippen LogP contribution in [-0.2, 0) is 16.0 Å². The summed E-state index contributed by atoms with van der Waals surface area (Å²) in [5.41, 5.74) is 0.695. The molecule has 2 aliphatic rings. The average Bonchev–Trinajstić information content (AvgIpc) is 3.08. The molecule has 4 nitrogen and oxygen atoms in total. The molecule has 1 aliphatic heterocycles. The Bertz CT molecular complexity index is 591. The minimum atomic E-state index is -0.317. The molecule has 0 bridgehead atoms. The highest BCUT2D eigenvalue weighted by molar-refractivity contribution is 5.81. The lowest BCUT2D eigenvalue weighted by molar-refractivity contribution is -0.135. The summed E-state index contributed by atoms with van der Waals surface area (Å²) >= 11 is 0. The van der Waals surface area contributed by atoms with E-state index in [2.05, 4.69) is 5.32 Å². The molecule has 1 saturated carbocycles. The number of hydrogen-bond acceptors (Lipinski definition) is 2. The van der Waals surface area contributed by atoms with Crippen LogP contribution in [0.25, 0.3) is 0 Å². The molecule has 5 heteroatoms. The van der Waals surface area contributed by atoms with E-state index in [4.69, 9.17) is 0 Å². The van der Waals surface area contributed by atoms with E-state index >= 15 is 0 Å². The van der Waals surface area contributed by atoms with Crippen molar-refractivity contribution in [3.8, 4) is 0 Å². The first-order chi connectivity index (χ1) is 11.6. The summed E-state index contributed by atoms with van der Waals surface area (Å²) in [6.07, 6.45) is 6.25. The number of piperidine rings is 1. The topological polar surface area (TPSA) is 49.4 Å². The van der Waals surface area contributed by atoms with Crippen molar-refractivity contribution in [1.82, 2.24) is 10.2 Å². The van der Waals surface area contributed by atoms with Crippen LogP contribution < -0.4 is 5.32 Å². The summed E-state index contributed by atoms with van der Waals surface area (Å²) in [4.78, 5) is 26.4. The number of carbonyl (C=O) groups excluding carboxylic acids is 2. The van der Waals surface area contributed by atoms with Gasteiger partial charge < -0.3 is 10.2 Å². The van der Waals surface area contributed by atoms with E-state index < -0.39 is 0 Å². The highest BCUT2D eigenvalue weighted by Gasteiger charge is 2.29. The van der Waals surface area contributed by atoms with E-state index in [0.717, 1.165) is 12.8 Å². The second-order valence-corrected chi connectivity index (χ2v) is 6.95. The molecule has 1 aromatic rings. The smallest absolute Gasteiger partial charge is 0.226 e. The van der Waals surface area contributed by atoms with Crippen molar-refractivity contribution < 1.29 is 14.0 Å². The fourth-order valence-electron chi connectivity index (χ4n) is 3.71. The zero-order valence-electron chi connectivity index (χ0n) is 14.0. The highest BCUT2D eigenvalue weighted by atomic mass is 19.1. The molecule has 24 heavy (non-hydrogen) atoms. The minimum absolute atomic E-state index is 0.00949. The van der Waals surface area contributed by atoms with Gasteiger partial charge in [0.1, 0.15) is 5.82 Å². The normalized spacial score (nSPS) is 19.5. The number of nitrogens with one attached hydrogen (secondary N) is 1. The van der Waals surface area contributed by atoms with Gasteiger partial charge in [0.25, 0.3) is 0 Å². The molecule has 130 valence electrons. The Morgan fingerprint density at radius 2 is 1.83 bits per heavy atom. The Labute approximate surface area is 142 Å². The lowest BCUT2D eigenvalue weighted by Crippen LogP contribution is -2.45. The Balaban J connectivity index is 1.45. The largest absolute Gasteiger partial charge is 0.353 e. The van der Waals surface area contributed by atoms with Crippen LogP contribution in [0.3, 0.4) is 0 Å². The lowest BCUT2D eigenvalue weighted by Gasteiger charge is -2.32. The molecule has 0 aromatic heterocycles. The lowest BCUT2D eigenvalue weighted by atomic mass is 9.95. The number of hydrogen-bond donors (Lipinski definition) is 1. The third-order valence-electron chi connectivity index (χ3n) is 5.16. The molecule has 1 aliphatic carbocycles. The summed E-state index contributed by atoms with van der Waals surface area (Å²) in [6.45, 7) is 1.22. The predicted molar refractivity (Wildman–Crippen MR) is 89.8 cm³/mol. The predicted octanol–water partition coefficient (Wildman–Crippen LogP) is 2.67. The minimum Gasteiger partial charge on any atom is -0.353 e. The summed E-state index contributed by atoms with van der Waals surface area (Å²) in [5.74, 6) is -0.138. The van der Waals surface area contributed by atoms with Gasteiger partial charge in [-0.1, -0.05) is 25.0 Å². The van der Waals surface area contributed by atoms with Gasteiger partial charge in [0.05, 0.1) is 6.42 Å². The SMILES string of the molecule is O=C(NC1CCCC1)C1CCN(C(=O)Cc2cccc(F)c2)CC1. The molecule has 3 rings (SSSR count). The molecule has 1 heterocycles. The second kappa shape index (κ2) is 7.77. The summed E-state index contributed by atoms with van der Waals surface area (Å²) in [5, 5.41) is 3.15. The van der Waals surface area contributed by atoms with Crippen molar-refractivity contribution in [1.29, 1.82) is 0 Å². The molecular weight excluding hydrogens is 307 g/mol. The third kappa shape index (κ3) is 4.34. The van der Waals surface area contributed by atoms with Crippen molar-refractivity contribution in [3.05, 3.63) is 35.6 Å². The fraction of sp³-hybridized carbons (Fsp3) is 0.579. The molecule has 1 N–H and O–H groups in total. The standard InChI is InChI=1S/C19H25FN2O2/c20-16-5-3-4-14(12-16)13-18(23)22-10-8-15(9-11-22)19(24)21-17-6-1-2-7-17/h3-5,12,15,17H,1-2,6-11,13H2,(H,21,24). The van der Waals surface area contributed by atoms with E-state index in [1.54, 1.807) is 17.0 Å². The van der Waals surface area contributed by atoms with E-state index in [0.29, 0.717) is 37.5 Å². The van der Waals surface area contributed by atoms with Gasteiger partial charge in [-0.25, -0.2) is 4.39 Å². The zero-order chi connectivity index (χ0) is 16.9. The van der Waals surface area contributed by atoms with Crippen molar-refractivity contribution in [3.63, 3.8) is 0 Å². The molecule has 1 aromatic carbocycles. The fourth-order valence-corrected chi connectivity index (χ4v) is 3.71. The first-order valence-electron chi connectivity index (χ1n) is 8.94. The molecule has 0 spiro atoms. The van der Waals surface area contributed by atoms with Crippen LogP contribution in [0, 0.1) is 11.7 Å². The van der Waals surface area contributed by atoms with E-state index in [1.165, 1.54) is 25.0 Å². The monoisotopic (exact) mass is 332 g/mol. The third-order valence-corrected chi connectivity index (χ3v) is 5.16. The Morgan fingerprint density at radius 1 is 1.12 bits per heavy atom. The van der Waals surface area contributed by atoms with Gasteiger partial charge in [-0.2, -0.15) is 0 Å². The zero-order valence-corrected chi connectivity index (χ0v) is 14.0. The van der Waals surface area contributed by atoms with Crippen LogP contribution in [0.5, 0.6) is 0 Å². The maximum atomic E-state index is 13.2. The van der Waals surface area contributed by atoms with E-state index in [9.17, 15) is 14.0 Å². The van der Waals surface area contributed by atoms with Crippen LogP contribution in [0.1, 0.15) is 44.1 Å². The van der Waals surface area contributed by atoms with Crippen molar-refractivity contribution >= 4 is 11.8 Å². The van der Waals surface area contributed by atoms with Crippen LogP contribution in [0.15, 0.2) is 24.3 Å². The number of nitrogens with zero attached hydrogens (tertiary/aromatic N) is 1. The summed E-state index contributed by atoms with van der Waals surface area (Å²) < 4.78 is 13.2. The summed E-state index contributed by atoms with van der Waals surface area (Å²) in [7, 11) is 0. The van der Waals surface area contributed by atoms with Crippen LogP contribution in [-0.4, -0.2) is 35.8 Å². The van der Waals surface area contributed by atoms with Gasteiger partial charge >= 0.3 is 0 Å². The molecule has 1 saturated heterocycles. The maximum Gasteiger partial charge on any atom is 0.226 e. The van der Waals surface area contributed by atoms with Crippen LogP contribution >= 0.6 is 0 Å². The van der Waals surface area contributed by atoms with Gasteiger partial charge in [0.15, 0.2) is 0 Å². The van der Waals surface area contributed by atoms with Crippen molar-refractivity contribution in [2.24, 2.45) is 5.92 Å². The quantitative estimate of drug-likeness (QED) is 0.921. The van der Waals surface area contributed by atoms with E-state index in [1.807, 2.05) is 0 Å². The molecule has 0 radical (unpaired) electrons. The first kappa shape index (κ1) is 16.9. The van der Waals surface area contributed by atoms with Gasteiger partial charge in [0.2, 0.25) is 11.8 Å². The Kier molecular flexibility index (Phi) is 5.48. The highest BCUT2D eigenvalue weighted by Crippen LogP contribution is 2.22. The van der Waals surface area contributed by atoms with E-state index in [-0.39, 0.29) is 30.0 Å². The maximum absolute atomic E-state index is 13.2. The molecule has 0 atom stereocenters. The molecule has 2 amide bonds. The van der Waals surface area contributed by atoms with Crippen LogP contribution in [0.4, 0.5) is 4.39 Å². The Morgan fingerprint density at radius 3 is 2.50 bits per heavy atom. The van der Waals surface area contributed by atoms with Gasteiger partial charge in [-0.3, -0.25) is 9.59 Å². The number of amides is 2. The second-order valence-electron chi connectivity index (χ2n) is 6.95. The number of benzene rings is 1. The molecule has 2 fully saturated rings.